The van der Waals surface area contributed by atoms with Gasteiger partial charge in [-0.3, -0.25) is 9.59 Å². The van der Waals surface area contributed by atoms with Crippen LogP contribution in [-0.2, 0) is 5.41 Å². The first-order valence-electron chi connectivity index (χ1n) is 12.0. The molecule has 0 aromatic heterocycles. The van der Waals surface area contributed by atoms with Gasteiger partial charge in [0.05, 0.1) is 5.41 Å². The maximum absolute atomic E-state index is 12.3. The Morgan fingerprint density at radius 3 is 1.24 bits per heavy atom. The van der Waals surface area contributed by atoms with E-state index in [2.05, 4.69) is 72.8 Å². The van der Waals surface area contributed by atoms with Gasteiger partial charge >= 0.3 is 0 Å². The summed E-state index contributed by atoms with van der Waals surface area (Å²) in [5.41, 5.74) is 6.65. The van der Waals surface area contributed by atoms with Gasteiger partial charge in [0, 0.05) is 38.0 Å². The van der Waals surface area contributed by atoms with Crippen molar-refractivity contribution in [2.75, 3.05) is 28.2 Å². The molecule has 37 heavy (non-hydrogen) atoms. The first kappa shape index (κ1) is 25.2. The van der Waals surface area contributed by atoms with Crippen LogP contribution in [0.15, 0.2) is 107 Å². The molecule has 186 valence electrons. The van der Waals surface area contributed by atoms with Crippen LogP contribution < -0.4 is 0 Å². The molecule has 1 aliphatic rings. The summed E-state index contributed by atoms with van der Waals surface area (Å²) in [4.78, 5) is 29.5. The minimum atomic E-state index is -0.517. The third-order valence-corrected chi connectivity index (χ3v) is 8.76. The number of carbonyl (C=O) groups excluding carboxylic acids is 2. The zero-order valence-corrected chi connectivity index (χ0v) is 22.9. The average molecular weight is 525 g/mol. The lowest BCUT2D eigenvalue weighted by Crippen LogP contribution is -2.28. The maximum atomic E-state index is 12.3. The number of benzene rings is 4. The molecule has 4 aromatic rings. The molecule has 4 nitrogen and oxygen atoms in total. The van der Waals surface area contributed by atoms with Crippen LogP contribution in [0.5, 0.6) is 0 Å². The second kappa shape index (κ2) is 10.1. The van der Waals surface area contributed by atoms with Crippen LogP contribution in [0.3, 0.4) is 0 Å². The summed E-state index contributed by atoms with van der Waals surface area (Å²) in [7, 11) is 7.05. The summed E-state index contributed by atoms with van der Waals surface area (Å²) < 4.78 is 0. The molecule has 0 atom stereocenters. The van der Waals surface area contributed by atoms with E-state index >= 15 is 0 Å². The summed E-state index contributed by atoms with van der Waals surface area (Å²) in [5, 5.41) is -0.00115. The van der Waals surface area contributed by atoms with Crippen LogP contribution in [0.2, 0.25) is 0 Å². The van der Waals surface area contributed by atoms with Crippen molar-refractivity contribution >= 4 is 34.0 Å². The molecule has 0 radical (unpaired) electrons. The summed E-state index contributed by atoms with van der Waals surface area (Å²) in [6.45, 7) is 0. The number of amides is 2. The Hall–Kier alpha value is -3.48. The Bertz CT molecular complexity index is 1350. The fourth-order valence-corrected chi connectivity index (χ4v) is 6.27. The van der Waals surface area contributed by atoms with E-state index in [0.29, 0.717) is 0 Å². The van der Waals surface area contributed by atoms with Crippen LogP contribution in [0, 0.1) is 0 Å². The van der Waals surface area contributed by atoms with E-state index in [0.717, 1.165) is 20.9 Å². The minimum absolute atomic E-state index is 0.000573. The lowest BCUT2D eigenvalue weighted by molar-refractivity contribution is 0.240. The molecule has 6 heteroatoms. The van der Waals surface area contributed by atoms with Gasteiger partial charge in [0.1, 0.15) is 0 Å². The number of hydrogen-bond acceptors (Lipinski definition) is 4. The lowest BCUT2D eigenvalue weighted by Gasteiger charge is -2.34. The zero-order valence-electron chi connectivity index (χ0n) is 21.3. The van der Waals surface area contributed by atoms with Gasteiger partial charge in [-0.1, -0.05) is 72.8 Å². The number of thioether (sulfide) groups is 2. The predicted octanol–water partition coefficient (Wildman–Crippen LogP) is 7.60. The molecule has 5 rings (SSSR count). The van der Waals surface area contributed by atoms with Crippen molar-refractivity contribution in [3.63, 3.8) is 0 Å². The monoisotopic (exact) mass is 524 g/mol. The molecule has 0 saturated carbocycles. The van der Waals surface area contributed by atoms with Crippen LogP contribution in [0.25, 0.3) is 11.1 Å². The highest BCUT2D eigenvalue weighted by molar-refractivity contribution is 8.13. The van der Waals surface area contributed by atoms with Crippen molar-refractivity contribution in [3.8, 4) is 11.1 Å². The number of hydrogen-bond donors (Lipinski definition) is 0. The zero-order chi connectivity index (χ0) is 26.2. The minimum Gasteiger partial charge on any atom is -0.339 e. The molecular formula is C31H28N2O2S2. The molecule has 0 spiro atoms. The van der Waals surface area contributed by atoms with Gasteiger partial charge in [0.15, 0.2) is 0 Å². The van der Waals surface area contributed by atoms with E-state index in [4.69, 9.17) is 0 Å². The second-order valence-electron chi connectivity index (χ2n) is 9.41. The molecular weight excluding hydrogens is 496 g/mol. The highest BCUT2D eigenvalue weighted by Gasteiger charge is 2.45. The van der Waals surface area contributed by atoms with Crippen molar-refractivity contribution in [1.82, 2.24) is 9.80 Å². The number of rotatable bonds is 4. The lowest BCUT2D eigenvalue weighted by atomic mass is 9.68. The quantitative estimate of drug-likeness (QED) is 0.227. The molecule has 0 N–H and O–H groups in total. The molecule has 1 aliphatic carbocycles. The fourth-order valence-electron chi connectivity index (χ4n) is 4.95. The van der Waals surface area contributed by atoms with Crippen molar-refractivity contribution in [3.05, 3.63) is 119 Å². The first-order chi connectivity index (χ1) is 17.8. The van der Waals surface area contributed by atoms with E-state index in [-0.39, 0.29) is 10.5 Å². The van der Waals surface area contributed by atoms with Crippen molar-refractivity contribution in [2.45, 2.75) is 15.2 Å². The van der Waals surface area contributed by atoms with Gasteiger partial charge in [-0.25, -0.2) is 0 Å². The van der Waals surface area contributed by atoms with Gasteiger partial charge in [-0.15, -0.1) is 0 Å². The molecule has 4 aromatic carbocycles. The largest absolute Gasteiger partial charge is 0.339 e. The average Bonchev–Trinajstić information content (AvgIpc) is 3.21. The van der Waals surface area contributed by atoms with Crippen LogP contribution in [0.1, 0.15) is 22.3 Å². The second-order valence-corrected chi connectivity index (χ2v) is 11.5. The first-order valence-corrected chi connectivity index (χ1v) is 13.6. The van der Waals surface area contributed by atoms with Gasteiger partial charge in [-0.2, -0.15) is 0 Å². The van der Waals surface area contributed by atoms with E-state index < -0.39 is 5.41 Å². The Kier molecular flexibility index (Phi) is 6.88. The molecule has 0 bridgehead atoms. The van der Waals surface area contributed by atoms with Crippen LogP contribution >= 0.6 is 23.5 Å². The molecule has 0 fully saturated rings. The van der Waals surface area contributed by atoms with Gasteiger partial charge in [0.2, 0.25) is 0 Å². The Balaban J connectivity index is 1.68. The summed E-state index contributed by atoms with van der Waals surface area (Å²) in [6, 6.07) is 33.9. The van der Waals surface area contributed by atoms with E-state index in [1.54, 1.807) is 38.0 Å². The molecule has 0 saturated heterocycles. The van der Waals surface area contributed by atoms with Gasteiger partial charge < -0.3 is 9.80 Å². The Labute approximate surface area is 226 Å². The Morgan fingerprint density at radius 1 is 0.541 bits per heavy atom. The summed E-state index contributed by atoms with van der Waals surface area (Å²) in [6.07, 6.45) is 0. The summed E-state index contributed by atoms with van der Waals surface area (Å²) >= 11 is 2.45. The van der Waals surface area contributed by atoms with Crippen molar-refractivity contribution < 1.29 is 9.59 Å². The fraction of sp³-hybridized carbons (Fsp3) is 0.161. The smallest absolute Gasteiger partial charge is 0.285 e. The predicted molar refractivity (Wildman–Crippen MR) is 154 cm³/mol. The Morgan fingerprint density at radius 2 is 0.892 bits per heavy atom. The normalized spacial score (nSPS) is 13.0. The molecule has 0 unspecified atom stereocenters. The van der Waals surface area contributed by atoms with Crippen LogP contribution in [-0.4, -0.2) is 48.5 Å². The molecule has 0 heterocycles. The third-order valence-electron chi connectivity index (χ3n) is 6.67. The molecule has 2 amide bonds. The number of carbonyl (C=O) groups is 2. The standard InChI is InChI=1S/C31H28N2O2S2/c1-32(2)29(34)36-23-17-13-21(14-18-23)31(22-15-19-24(20-16-22)37-30(35)33(3)4)27-11-7-5-9-25(27)26-10-6-8-12-28(26)31/h5-20H,1-4H3. The van der Waals surface area contributed by atoms with Crippen LogP contribution in [0.4, 0.5) is 9.59 Å². The molecule has 0 aliphatic heterocycles. The number of nitrogens with zero attached hydrogens (tertiary/aromatic N) is 2. The maximum Gasteiger partial charge on any atom is 0.285 e. The highest BCUT2D eigenvalue weighted by Crippen LogP contribution is 2.56. The van der Waals surface area contributed by atoms with E-state index in [1.807, 2.05) is 24.3 Å². The SMILES string of the molecule is CN(C)C(=O)Sc1ccc(C2(c3ccc(SC(=O)N(C)C)cc3)c3ccccc3-c3ccccc32)cc1. The summed E-state index contributed by atoms with van der Waals surface area (Å²) in [5.74, 6) is 0. The topological polar surface area (TPSA) is 40.6 Å². The van der Waals surface area contributed by atoms with Crippen molar-refractivity contribution in [2.24, 2.45) is 0 Å². The van der Waals surface area contributed by atoms with E-state index in [1.165, 1.54) is 45.8 Å². The van der Waals surface area contributed by atoms with Crippen molar-refractivity contribution in [1.29, 1.82) is 0 Å². The third kappa shape index (κ3) is 4.45. The van der Waals surface area contributed by atoms with Gasteiger partial charge in [-0.05, 0) is 81.2 Å². The van der Waals surface area contributed by atoms with Gasteiger partial charge in [0.25, 0.3) is 10.5 Å². The number of fused-ring (bicyclic) bond motifs is 3. The highest BCUT2D eigenvalue weighted by atomic mass is 32.2. The van der Waals surface area contributed by atoms with E-state index in [9.17, 15) is 9.59 Å².